The molecule has 0 radical (unpaired) electrons. The maximum absolute atomic E-state index is 2.67. The molecule has 0 aliphatic heterocycles. The predicted molar refractivity (Wildman–Crippen MR) is 134 cm³/mol. The van der Waals surface area contributed by atoms with Crippen molar-refractivity contribution >= 4 is 28.2 Å². The van der Waals surface area contributed by atoms with Crippen LogP contribution in [-0.4, -0.2) is 3.42 Å². The smallest absolute Gasteiger partial charge is 0.0488 e. The lowest BCUT2D eigenvalue weighted by atomic mass is 9.74. The second-order valence-corrected chi connectivity index (χ2v) is 10.7. The first-order valence-electron chi connectivity index (χ1n) is 10.2. The zero-order valence-corrected chi connectivity index (χ0v) is 19.5. The van der Waals surface area contributed by atoms with E-state index >= 15 is 0 Å². The van der Waals surface area contributed by atoms with Gasteiger partial charge in [0.15, 0.2) is 0 Å². The summed E-state index contributed by atoms with van der Waals surface area (Å²) in [5, 5.41) is 0. The molecule has 0 amide bonds. The first-order valence-corrected chi connectivity index (χ1v) is 11.3. The second kappa shape index (κ2) is 8.31. The molecule has 0 fully saturated rings. The molecular weight excluding hydrogens is 463 g/mol. The zero-order valence-electron chi connectivity index (χ0n) is 17.3. The third-order valence-electron chi connectivity index (χ3n) is 5.80. The Kier molecular flexibility index (Phi) is 5.78. The van der Waals surface area contributed by atoms with E-state index in [2.05, 4.69) is 134 Å². The van der Waals surface area contributed by atoms with E-state index in [1.54, 1.807) is 0 Å². The first kappa shape index (κ1) is 20.2. The van der Waals surface area contributed by atoms with Crippen molar-refractivity contribution in [3.63, 3.8) is 0 Å². The van der Waals surface area contributed by atoms with Gasteiger partial charge in [-0.05, 0) is 55.0 Å². The average molecular weight is 490 g/mol. The quantitative estimate of drug-likeness (QED) is 0.256. The summed E-state index contributed by atoms with van der Waals surface area (Å²) in [6, 6.07) is 30.8. The van der Waals surface area contributed by atoms with Crippen LogP contribution in [0.15, 0.2) is 102 Å². The summed E-state index contributed by atoms with van der Waals surface area (Å²) < 4.78 is 0.0571. The number of halogens is 1. The van der Waals surface area contributed by atoms with Crippen LogP contribution in [0.5, 0.6) is 0 Å². The van der Waals surface area contributed by atoms with Crippen molar-refractivity contribution in [2.24, 2.45) is 0 Å². The summed E-state index contributed by atoms with van der Waals surface area (Å²) in [6.45, 7) is 6.84. The van der Waals surface area contributed by atoms with Gasteiger partial charge in [-0.25, -0.2) is 0 Å². The predicted octanol–water partition coefficient (Wildman–Crippen LogP) is 8.12. The van der Waals surface area contributed by atoms with Crippen molar-refractivity contribution in [1.82, 2.24) is 0 Å². The van der Waals surface area contributed by atoms with Gasteiger partial charge < -0.3 is 0 Å². The van der Waals surface area contributed by atoms with Crippen molar-refractivity contribution in [3.8, 4) is 0 Å². The lowest BCUT2D eigenvalue weighted by Gasteiger charge is -2.36. The van der Waals surface area contributed by atoms with E-state index in [1.807, 2.05) is 0 Å². The Labute approximate surface area is 188 Å². The molecule has 0 saturated carbocycles. The summed E-state index contributed by atoms with van der Waals surface area (Å²) in [5.74, 6) is 0.292. The monoisotopic (exact) mass is 490 g/mol. The molecule has 0 N–H and O–H groups in total. The van der Waals surface area contributed by atoms with Crippen molar-refractivity contribution < 1.29 is 0 Å². The van der Waals surface area contributed by atoms with Gasteiger partial charge in [0.25, 0.3) is 0 Å². The highest BCUT2D eigenvalue weighted by atomic mass is 127. The molecule has 3 aromatic rings. The number of alkyl halides is 1. The molecular formula is C28H27I. The van der Waals surface area contributed by atoms with Gasteiger partial charge in [-0.3, -0.25) is 0 Å². The van der Waals surface area contributed by atoms with Gasteiger partial charge in [-0.1, -0.05) is 125 Å². The number of rotatable bonds is 4. The molecule has 3 aromatic carbocycles. The molecule has 0 bridgehead atoms. The van der Waals surface area contributed by atoms with Gasteiger partial charge in [0.1, 0.15) is 0 Å². The van der Waals surface area contributed by atoms with Gasteiger partial charge >= 0.3 is 0 Å². The van der Waals surface area contributed by atoms with Gasteiger partial charge in [0.2, 0.25) is 0 Å². The number of benzene rings is 3. The van der Waals surface area contributed by atoms with Crippen LogP contribution in [0.3, 0.4) is 0 Å². The van der Waals surface area contributed by atoms with Gasteiger partial charge in [-0.2, -0.15) is 0 Å². The van der Waals surface area contributed by atoms with E-state index in [4.69, 9.17) is 0 Å². The molecule has 1 atom stereocenters. The number of aryl methyl sites for hydroxylation is 1. The second-order valence-electron chi connectivity index (χ2n) is 8.28. The molecule has 1 aliphatic carbocycles. The Hall–Kier alpha value is -2.13. The molecule has 0 heterocycles. The normalized spacial score (nSPS) is 19.4. The summed E-state index contributed by atoms with van der Waals surface area (Å²) in [5.41, 5.74) is 9.74. The minimum Gasteiger partial charge on any atom is -0.0736 e. The average Bonchev–Trinajstić information content (AvgIpc) is 2.69. The standard InChI is InChI=1S/C28H27I/c1-20-11-10-16-24(17-20)27-21(2)18-25(19-28(27,3)29)26(22-12-6-4-7-13-22)23-14-8-5-9-15-23/h4-18,26H,19H2,1-3H3. The Bertz CT molecular complexity index is 1020. The van der Waals surface area contributed by atoms with Crippen molar-refractivity contribution in [2.75, 3.05) is 0 Å². The molecule has 0 spiro atoms. The van der Waals surface area contributed by atoms with Crippen LogP contribution in [-0.2, 0) is 0 Å². The topological polar surface area (TPSA) is 0 Å². The molecule has 1 unspecified atom stereocenters. The third-order valence-corrected chi connectivity index (χ3v) is 6.72. The van der Waals surface area contributed by atoms with E-state index < -0.39 is 0 Å². The van der Waals surface area contributed by atoms with E-state index in [0.717, 1.165) is 6.42 Å². The molecule has 1 heteroatoms. The lowest BCUT2D eigenvalue weighted by molar-refractivity contribution is 0.749. The van der Waals surface area contributed by atoms with Gasteiger partial charge in [0, 0.05) is 9.34 Å². The number of hydrogen-bond acceptors (Lipinski definition) is 0. The molecule has 1 aliphatic rings. The van der Waals surface area contributed by atoms with Crippen LogP contribution in [0.25, 0.3) is 5.57 Å². The van der Waals surface area contributed by atoms with Crippen molar-refractivity contribution in [2.45, 2.75) is 36.5 Å². The van der Waals surface area contributed by atoms with E-state index in [9.17, 15) is 0 Å². The molecule has 29 heavy (non-hydrogen) atoms. The van der Waals surface area contributed by atoms with Crippen molar-refractivity contribution in [1.29, 1.82) is 0 Å². The Balaban J connectivity index is 1.86. The van der Waals surface area contributed by atoms with E-state index in [0.29, 0.717) is 5.92 Å². The zero-order chi connectivity index (χ0) is 20.4. The fourth-order valence-electron chi connectivity index (χ4n) is 4.71. The molecule has 4 rings (SSSR count). The summed E-state index contributed by atoms with van der Waals surface area (Å²) in [7, 11) is 0. The summed E-state index contributed by atoms with van der Waals surface area (Å²) in [6.07, 6.45) is 3.49. The summed E-state index contributed by atoms with van der Waals surface area (Å²) in [4.78, 5) is 0. The highest BCUT2D eigenvalue weighted by Crippen LogP contribution is 2.49. The minimum atomic E-state index is 0.0571. The summed E-state index contributed by atoms with van der Waals surface area (Å²) >= 11 is 2.67. The van der Waals surface area contributed by atoms with Crippen LogP contribution < -0.4 is 0 Å². The van der Waals surface area contributed by atoms with Crippen LogP contribution in [0, 0.1) is 6.92 Å². The first-order chi connectivity index (χ1) is 14.0. The molecule has 0 aromatic heterocycles. The van der Waals surface area contributed by atoms with Crippen LogP contribution >= 0.6 is 22.6 Å². The number of allylic oxidation sites excluding steroid dienone is 4. The van der Waals surface area contributed by atoms with Crippen LogP contribution in [0.2, 0.25) is 0 Å². The lowest BCUT2D eigenvalue weighted by Crippen LogP contribution is -2.25. The highest BCUT2D eigenvalue weighted by molar-refractivity contribution is 14.1. The number of hydrogen-bond donors (Lipinski definition) is 0. The van der Waals surface area contributed by atoms with Gasteiger partial charge in [-0.15, -0.1) is 0 Å². The van der Waals surface area contributed by atoms with Crippen LogP contribution in [0.4, 0.5) is 0 Å². The minimum absolute atomic E-state index is 0.0571. The maximum atomic E-state index is 2.67. The largest absolute Gasteiger partial charge is 0.0736 e. The van der Waals surface area contributed by atoms with Crippen molar-refractivity contribution in [3.05, 3.63) is 124 Å². The molecule has 0 nitrogen and oxygen atoms in total. The Morgan fingerprint density at radius 3 is 1.90 bits per heavy atom. The fourth-order valence-corrected chi connectivity index (χ4v) is 5.89. The molecule has 146 valence electrons. The maximum Gasteiger partial charge on any atom is 0.0488 e. The van der Waals surface area contributed by atoms with Gasteiger partial charge in [0.05, 0.1) is 0 Å². The Morgan fingerprint density at radius 1 is 0.793 bits per heavy atom. The third kappa shape index (κ3) is 4.25. The Morgan fingerprint density at radius 2 is 1.38 bits per heavy atom. The van der Waals surface area contributed by atoms with E-state index in [-0.39, 0.29) is 3.42 Å². The fraction of sp³-hybridized carbons (Fsp3) is 0.214. The SMILES string of the molecule is CC1=C(c2cccc(C)c2)C(C)(I)CC(C(c2ccccc2)c2ccccc2)=C1. The van der Waals surface area contributed by atoms with E-state index in [1.165, 1.54) is 39.0 Å². The highest BCUT2D eigenvalue weighted by Gasteiger charge is 2.35. The van der Waals surface area contributed by atoms with Crippen LogP contribution in [0.1, 0.15) is 48.4 Å². The molecule has 0 saturated heterocycles.